The Bertz CT molecular complexity index is 438. The van der Waals surface area contributed by atoms with Crippen LogP contribution in [0.4, 0.5) is 4.79 Å². The van der Waals surface area contributed by atoms with Gasteiger partial charge < -0.3 is 15.4 Å². The number of hydrogen-bond acceptors (Lipinski definition) is 4. The van der Waals surface area contributed by atoms with Crippen molar-refractivity contribution in [2.24, 2.45) is 5.92 Å². The Labute approximate surface area is 138 Å². The molecule has 0 bridgehead atoms. The Balaban J connectivity index is 2.34. The lowest BCUT2D eigenvalue weighted by atomic mass is 10.0. The Morgan fingerprint density at radius 2 is 2.00 bits per heavy atom. The molecule has 0 radical (unpaired) electrons. The van der Waals surface area contributed by atoms with Gasteiger partial charge in [0, 0.05) is 17.0 Å². The van der Waals surface area contributed by atoms with Crippen LogP contribution >= 0.6 is 11.3 Å². The minimum atomic E-state index is -0.454. The molecule has 1 aromatic rings. The van der Waals surface area contributed by atoms with Crippen LogP contribution in [0.1, 0.15) is 58.9 Å². The normalized spacial score (nSPS) is 14.7. The van der Waals surface area contributed by atoms with Gasteiger partial charge in [0.25, 0.3) is 0 Å². The van der Waals surface area contributed by atoms with Crippen LogP contribution < -0.4 is 10.6 Å². The molecular formula is C17H30N2O2S. The van der Waals surface area contributed by atoms with E-state index in [2.05, 4.69) is 42.0 Å². The van der Waals surface area contributed by atoms with Crippen molar-refractivity contribution >= 4 is 17.4 Å². The van der Waals surface area contributed by atoms with E-state index in [0.717, 1.165) is 13.0 Å². The highest BCUT2D eigenvalue weighted by Crippen LogP contribution is 2.25. The average molecular weight is 327 g/mol. The molecule has 0 saturated carbocycles. The maximum Gasteiger partial charge on any atom is 0.407 e. The molecule has 126 valence electrons. The standard InChI is InChI=1S/C17H30N2O2S/c1-12(2)15(14-8-7-11-22-14)18-10-9-13(3)19-16(20)21-17(4,5)6/h7-8,11-13,15,18H,9-10H2,1-6H3,(H,19,20). The Morgan fingerprint density at radius 3 is 2.50 bits per heavy atom. The molecule has 4 nitrogen and oxygen atoms in total. The summed E-state index contributed by atoms with van der Waals surface area (Å²) >= 11 is 1.78. The predicted molar refractivity (Wildman–Crippen MR) is 93.3 cm³/mol. The topological polar surface area (TPSA) is 50.4 Å². The molecule has 5 heteroatoms. The molecule has 0 aliphatic heterocycles. The van der Waals surface area contributed by atoms with E-state index in [9.17, 15) is 4.79 Å². The van der Waals surface area contributed by atoms with Crippen LogP contribution in [0.2, 0.25) is 0 Å². The van der Waals surface area contributed by atoms with Crippen LogP contribution in [0.15, 0.2) is 17.5 Å². The third kappa shape index (κ3) is 7.27. The Hall–Kier alpha value is -1.07. The second-order valence-electron chi connectivity index (χ2n) is 7.03. The van der Waals surface area contributed by atoms with Gasteiger partial charge in [-0.25, -0.2) is 4.79 Å². The van der Waals surface area contributed by atoms with Crippen molar-refractivity contribution in [3.8, 4) is 0 Å². The molecule has 0 fully saturated rings. The van der Waals surface area contributed by atoms with Crippen molar-refractivity contribution in [3.05, 3.63) is 22.4 Å². The van der Waals surface area contributed by atoms with Gasteiger partial charge in [0.1, 0.15) is 5.60 Å². The zero-order valence-corrected chi connectivity index (χ0v) is 15.4. The van der Waals surface area contributed by atoms with Crippen molar-refractivity contribution in [2.75, 3.05) is 6.54 Å². The van der Waals surface area contributed by atoms with Crippen LogP contribution in [0.25, 0.3) is 0 Å². The highest BCUT2D eigenvalue weighted by Gasteiger charge is 2.19. The van der Waals surface area contributed by atoms with Crippen molar-refractivity contribution < 1.29 is 9.53 Å². The zero-order chi connectivity index (χ0) is 16.8. The lowest BCUT2D eigenvalue weighted by molar-refractivity contribution is 0.0506. The number of carbonyl (C=O) groups is 1. The maximum absolute atomic E-state index is 11.7. The molecule has 1 heterocycles. The molecule has 0 spiro atoms. The summed E-state index contributed by atoms with van der Waals surface area (Å²) in [4.78, 5) is 13.1. The first-order valence-corrected chi connectivity index (χ1v) is 8.83. The Kier molecular flexibility index (Phi) is 7.36. The first-order chi connectivity index (χ1) is 10.2. The molecule has 0 aliphatic rings. The average Bonchev–Trinajstić information content (AvgIpc) is 2.84. The number of thiophene rings is 1. The minimum Gasteiger partial charge on any atom is -0.444 e. The lowest BCUT2D eigenvalue weighted by Crippen LogP contribution is -2.39. The molecule has 2 atom stereocenters. The molecule has 1 aromatic heterocycles. The van der Waals surface area contributed by atoms with Crippen LogP contribution in [-0.4, -0.2) is 24.3 Å². The molecule has 1 amide bonds. The maximum atomic E-state index is 11.7. The fourth-order valence-corrected chi connectivity index (χ4v) is 3.14. The van der Waals surface area contributed by atoms with Crippen LogP contribution in [-0.2, 0) is 4.74 Å². The molecule has 22 heavy (non-hydrogen) atoms. The summed E-state index contributed by atoms with van der Waals surface area (Å²) in [6.45, 7) is 12.9. The smallest absolute Gasteiger partial charge is 0.407 e. The van der Waals surface area contributed by atoms with E-state index in [1.165, 1.54) is 4.88 Å². The van der Waals surface area contributed by atoms with Crippen molar-refractivity contribution in [2.45, 2.75) is 65.6 Å². The second-order valence-corrected chi connectivity index (χ2v) is 8.01. The molecule has 0 aliphatic carbocycles. The van der Waals surface area contributed by atoms with Gasteiger partial charge in [0.15, 0.2) is 0 Å². The van der Waals surface area contributed by atoms with E-state index in [1.807, 2.05) is 27.7 Å². The third-order valence-corrected chi connectivity index (χ3v) is 4.18. The van der Waals surface area contributed by atoms with E-state index in [0.29, 0.717) is 12.0 Å². The first kappa shape index (κ1) is 19.0. The van der Waals surface area contributed by atoms with Gasteiger partial charge in [-0.15, -0.1) is 11.3 Å². The lowest BCUT2D eigenvalue weighted by Gasteiger charge is -2.24. The summed E-state index contributed by atoms with van der Waals surface area (Å²) in [5.41, 5.74) is -0.454. The summed E-state index contributed by atoms with van der Waals surface area (Å²) in [5, 5.41) is 8.58. The number of carbonyl (C=O) groups excluding carboxylic acids is 1. The highest BCUT2D eigenvalue weighted by molar-refractivity contribution is 7.10. The molecular weight excluding hydrogens is 296 g/mol. The molecule has 1 rings (SSSR count). The van der Waals surface area contributed by atoms with Crippen molar-refractivity contribution in [1.82, 2.24) is 10.6 Å². The quantitative estimate of drug-likeness (QED) is 0.784. The van der Waals surface area contributed by atoms with Gasteiger partial charge in [-0.1, -0.05) is 19.9 Å². The molecule has 2 unspecified atom stereocenters. The van der Waals surface area contributed by atoms with E-state index < -0.39 is 5.60 Å². The zero-order valence-electron chi connectivity index (χ0n) is 14.6. The predicted octanol–water partition coefficient (Wildman–Crippen LogP) is 4.34. The van der Waals surface area contributed by atoms with Gasteiger partial charge in [-0.3, -0.25) is 0 Å². The summed E-state index contributed by atoms with van der Waals surface area (Å²) < 4.78 is 5.26. The van der Waals surface area contributed by atoms with Gasteiger partial charge in [-0.2, -0.15) is 0 Å². The van der Waals surface area contributed by atoms with Gasteiger partial charge in [0.05, 0.1) is 0 Å². The highest BCUT2D eigenvalue weighted by atomic mass is 32.1. The van der Waals surface area contributed by atoms with Crippen LogP contribution in [0, 0.1) is 5.92 Å². The monoisotopic (exact) mass is 326 g/mol. The number of nitrogens with one attached hydrogen (secondary N) is 2. The first-order valence-electron chi connectivity index (χ1n) is 7.95. The van der Waals surface area contributed by atoms with E-state index in [4.69, 9.17) is 4.74 Å². The van der Waals surface area contributed by atoms with Crippen LogP contribution in [0.5, 0.6) is 0 Å². The van der Waals surface area contributed by atoms with E-state index in [1.54, 1.807) is 11.3 Å². The fraction of sp³-hybridized carbons (Fsp3) is 0.706. The third-order valence-electron chi connectivity index (χ3n) is 3.22. The summed E-state index contributed by atoms with van der Waals surface area (Å²) in [7, 11) is 0. The molecule has 2 N–H and O–H groups in total. The van der Waals surface area contributed by atoms with Gasteiger partial charge in [-0.05, 0) is 58.0 Å². The largest absolute Gasteiger partial charge is 0.444 e. The van der Waals surface area contributed by atoms with Gasteiger partial charge >= 0.3 is 6.09 Å². The number of hydrogen-bond donors (Lipinski definition) is 2. The summed E-state index contributed by atoms with van der Waals surface area (Å²) in [5.74, 6) is 0.535. The van der Waals surface area contributed by atoms with Gasteiger partial charge in [0.2, 0.25) is 0 Å². The minimum absolute atomic E-state index is 0.0819. The number of ether oxygens (including phenoxy) is 1. The summed E-state index contributed by atoms with van der Waals surface area (Å²) in [6, 6.07) is 4.71. The molecule has 0 saturated heterocycles. The number of amides is 1. The van der Waals surface area contributed by atoms with E-state index >= 15 is 0 Å². The van der Waals surface area contributed by atoms with Crippen molar-refractivity contribution in [1.29, 1.82) is 0 Å². The van der Waals surface area contributed by atoms with E-state index in [-0.39, 0.29) is 12.1 Å². The summed E-state index contributed by atoms with van der Waals surface area (Å²) in [6.07, 6.45) is 0.520. The van der Waals surface area contributed by atoms with Crippen molar-refractivity contribution in [3.63, 3.8) is 0 Å². The number of rotatable bonds is 7. The second kappa shape index (κ2) is 8.53. The Morgan fingerprint density at radius 1 is 1.32 bits per heavy atom. The fourth-order valence-electron chi connectivity index (χ4n) is 2.17. The molecule has 0 aromatic carbocycles. The number of alkyl carbamates (subject to hydrolysis) is 1. The SMILES string of the molecule is CC(CCNC(c1cccs1)C(C)C)NC(=O)OC(C)(C)C. The van der Waals surface area contributed by atoms with Crippen LogP contribution in [0.3, 0.4) is 0 Å².